The van der Waals surface area contributed by atoms with Crippen LogP contribution in [0.15, 0.2) is 48.0 Å². The van der Waals surface area contributed by atoms with Gasteiger partial charge >= 0.3 is 0 Å². The molecule has 0 aliphatic rings. The van der Waals surface area contributed by atoms with Crippen molar-refractivity contribution in [1.82, 2.24) is 20.2 Å². The fraction of sp³-hybridized carbons (Fsp3) is 0.375. The van der Waals surface area contributed by atoms with E-state index in [1.807, 2.05) is 29.8 Å². The van der Waals surface area contributed by atoms with E-state index in [4.69, 9.17) is 4.74 Å². The molecule has 0 saturated carbocycles. The van der Waals surface area contributed by atoms with Crippen molar-refractivity contribution in [2.75, 3.05) is 26.8 Å². The lowest BCUT2D eigenvalue weighted by Gasteiger charge is -2.14. The normalized spacial score (nSPS) is 11.5. The number of benzene rings is 1. The molecule has 0 aliphatic heterocycles. The Balaban J connectivity index is 1.93. The molecular formula is C16H23N5O. The van der Waals surface area contributed by atoms with Crippen LogP contribution in [0.1, 0.15) is 12.5 Å². The van der Waals surface area contributed by atoms with Gasteiger partial charge in [0.05, 0.1) is 18.6 Å². The summed E-state index contributed by atoms with van der Waals surface area (Å²) in [5.41, 5.74) is 2.28. The molecule has 0 bridgehead atoms. The molecule has 6 nitrogen and oxygen atoms in total. The van der Waals surface area contributed by atoms with E-state index in [2.05, 4.69) is 32.7 Å². The minimum absolute atomic E-state index is 0.669. The van der Waals surface area contributed by atoms with Gasteiger partial charge in [-0.15, -0.1) is 0 Å². The van der Waals surface area contributed by atoms with E-state index in [0.29, 0.717) is 13.2 Å². The van der Waals surface area contributed by atoms with Crippen molar-refractivity contribution in [1.29, 1.82) is 0 Å². The van der Waals surface area contributed by atoms with Crippen molar-refractivity contribution in [2.45, 2.75) is 13.5 Å². The van der Waals surface area contributed by atoms with Crippen molar-refractivity contribution in [2.24, 2.45) is 4.99 Å². The number of hydrogen-bond donors (Lipinski definition) is 2. The molecule has 22 heavy (non-hydrogen) atoms. The second-order valence-corrected chi connectivity index (χ2v) is 4.65. The van der Waals surface area contributed by atoms with Crippen LogP contribution in [-0.2, 0) is 11.3 Å². The fourth-order valence-electron chi connectivity index (χ4n) is 2.10. The number of imidazole rings is 1. The molecule has 2 rings (SSSR count). The molecule has 0 spiro atoms. The second kappa shape index (κ2) is 8.84. The van der Waals surface area contributed by atoms with Crippen molar-refractivity contribution >= 4 is 5.96 Å². The van der Waals surface area contributed by atoms with Crippen molar-refractivity contribution in [3.05, 3.63) is 48.5 Å². The van der Waals surface area contributed by atoms with E-state index in [-0.39, 0.29) is 0 Å². The van der Waals surface area contributed by atoms with Crippen LogP contribution in [0.3, 0.4) is 0 Å². The van der Waals surface area contributed by atoms with E-state index in [9.17, 15) is 0 Å². The molecule has 0 saturated heterocycles. The summed E-state index contributed by atoms with van der Waals surface area (Å²) in [5.74, 6) is 0.764. The molecule has 2 N–H and O–H groups in total. The molecule has 0 unspecified atom stereocenters. The smallest absolute Gasteiger partial charge is 0.191 e. The predicted molar refractivity (Wildman–Crippen MR) is 88.3 cm³/mol. The zero-order valence-corrected chi connectivity index (χ0v) is 13.1. The van der Waals surface area contributed by atoms with E-state index >= 15 is 0 Å². The minimum Gasteiger partial charge on any atom is -0.380 e. The average molecular weight is 301 g/mol. The lowest BCUT2D eigenvalue weighted by atomic mass is 10.1. The first-order valence-electron chi connectivity index (χ1n) is 7.43. The van der Waals surface area contributed by atoms with Crippen LogP contribution in [-0.4, -0.2) is 42.3 Å². The Bertz CT molecular complexity index is 580. The number of aliphatic imine (C=N–C) groups is 1. The first kappa shape index (κ1) is 16.0. The Morgan fingerprint density at radius 3 is 2.91 bits per heavy atom. The standard InChI is InChI=1S/C16H23N5O/c1-3-22-11-9-19-16(17-2)20-12-14-6-4-5-7-15(14)21-10-8-18-13-21/h4-8,10,13H,3,9,11-12H2,1-2H3,(H2,17,19,20). The van der Waals surface area contributed by atoms with Crippen LogP contribution in [0, 0.1) is 0 Å². The van der Waals surface area contributed by atoms with Crippen LogP contribution in [0.2, 0.25) is 0 Å². The first-order valence-corrected chi connectivity index (χ1v) is 7.43. The Kier molecular flexibility index (Phi) is 6.44. The van der Waals surface area contributed by atoms with Gasteiger partial charge in [0, 0.05) is 39.1 Å². The van der Waals surface area contributed by atoms with Crippen LogP contribution >= 0.6 is 0 Å². The summed E-state index contributed by atoms with van der Waals surface area (Å²) >= 11 is 0. The maximum absolute atomic E-state index is 5.30. The minimum atomic E-state index is 0.669. The summed E-state index contributed by atoms with van der Waals surface area (Å²) in [7, 11) is 1.76. The van der Waals surface area contributed by atoms with Crippen molar-refractivity contribution < 1.29 is 4.74 Å². The topological polar surface area (TPSA) is 63.5 Å². The molecule has 0 fully saturated rings. The highest BCUT2D eigenvalue weighted by molar-refractivity contribution is 5.79. The SMILES string of the molecule is CCOCCNC(=NC)NCc1ccccc1-n1ccnc1. The first-order chi connectivity index (χ1) is 10.8. The van der Waals surface area contributed by atoms with Crippen LogP contribution in [0.5, 0.6) is 0 Å². The van der Waals surface area contributed by atoms with Gasteiger partial charge in [-0.1, -0.05) is 18.2 Å². The molecule has 2 aromatic rings. The Hall–Kier alpha value is -2.34. The number of para-hydroxylation sites is 1. The monoisotopic (exact) mass is 301 g/mol. The molecule has 1 aromatic carbocycles. The highest BCUT2D eigenvalue weighted by atomic mass is 16.5. The molecule has 0 radical (unpaired) electrons. The van der Waals surface area contributed by atoms with E-state index < -0.39 is 0 Å². The molecule has 0 amide bonds. The second-order valence-electron chi connectivity index (χ2n) is 4.65. The van der Waals surface area contributed by atoms with Gasteiger partial charge in [0.1, 0.15) is 0 Å². The molecule has 0 atom stereocenters. The zero-order valence-electron chi connectivity index (χ0n) is 13.1. The average Bonchev–Trinajstić information content (AvgIpc) is 3.09. The number of aromatic nitrogens is 2. The van der Waals surface area contributed by atoms with Gasteiger partial charge in [0.25, 0.3) is 0 Å². The lowest BCUT2D eigenvalue weighted by Crippen LogP contribution is -2.38. The summed E-state index contributed by atoms with van der Waals surface area (Å²) in [4.78, 5) is 8.31. The van der Waals surface area contributed by atoms with Crippen LogP contribution in [0.4, 0.5) is 0 Å². The number of guanidine groups is 1. The maximum atomic E-state index is 5.30. The molecule has 6 heteroatoms. The fourth-order valence-corrected chi connectivity index (χ4v) is 2.10. The van der Waals surface area contributed by atoms with Gasteiger partial charge in [0.15, 0.2) is 5.96 Å². The van der Waals surface area contributed by atoms with Gasteiger partial charge in [-0.2, -0.15) is 0 Å². The number of nitrogens with zero attached hydrogens (tertiary/aromatic N) is 3. The molecule has 1 aromatic heterocycles. The Labute approximate surface area is 131 Å². The molecule has 1 heterocycles. The van der Waals surface area contributed by atoms with Gasteiger partial charge in [-0.05, 0) is 18.6 Å². The number of hydrogen-bond acceptors (Lipinski definition) is 3. The molecule has 118 valence electrons. The molecule has 0 aliphatic carbocycles. The van der Waals surface area contributed by atoms with Gasteiger partial charge in [-0.25, -0.2) is 4.98 Å². The van der Waals surface area contributed by atoms with Gasteiger partial charge < -0.3 is 19.9 Å². The predicted octanol–water partition coefficient (Wildman–Crippen LogP) is 1.57. The van der Waals surface area contributed by atoms with Crippen molar-refractivity contribution in [3.63, 3.8) is 0 Å². The quantitative estimate of drug-likeness (QED) is 0.463. The number of nitrogens with one attached hydrogen (secondary N) is 2. The third-order valence-corrected chi connectivity index (χ3v) is 3.19. The van der Waals surface area contributed by atoms with Crippen molar-refractivity contribution in [3.8, 4) is 5.69 Å². The van der Waals surface area contributed by atoms with E-state index in [1.54, 1.807) is 19.6 Å². The number of rotatable bonds is 7. The third kappa shape index (κ3) is 4.60. The lowest BCUT2D eigenvalue weighted by molar-refractivity contribution is 0.152. The summed E-state index contributed by atoms with van der Waals surface area (Å²) in [5, 5.41) is 6.54. The highest BCUT2D eigenvalue weighted by Gasteiger charge is 2.04. The summed E-state index contributed by atoms with van der Waals surface area (Å²) in [6.45, 7) is 4.80. The number of ether oxygens (including phenoxy) is 1. The van der Waals surface area contributed by atoms with Gasteiger partial charge in [-0.3, -0.25) is 4.99 Å². The summed E-state index contributed by atoms with van der Waals surface area (Å²) < 4.78 is 7.31. The van der Waals surface area contributed by atoms with Gasteiger partial charge in [0.2, 0.25) is 0 Å². The zero-order chi connectivity index (χ0) is 15.6. The largest absolute Gasteiger partial charge is 0.380 e. The maximum Gasteiger partial charge on any atom is 0.191 e. The van der Waals surface area contributed by atoms with E-state index in [1.165, 1.54) is 5.56 Å². The third-order valence-electron chi connectivity index (χ3n) is 3.19. The molecular weight excluding hydrogens is 278 g/mol. The Morgan fingerprint density at radius 1 is 1.32 bits per heavy atom. The summed E-state index contributed by atoms with van der Waals surface area (Å²) in [6, 6.07) is 8.22. The highest BCUT2D eigenvalue weighted by Crippen LogP contribution is 2.13. The summed E-state index contributed by atoms with van der Waals surface area (Å²) in [6.07, 6.45) is 5.51. The van der Waals surface area contributed by atoms with E-state index in [0.717, 1.165) is 24.8 Å². The van der Waals surface area contributed by atoms with Crippen LogP contribution in [0.25, 0.3) is 5.69 Å². The van der Waals surface area contributed by atoms with Crippen LogP contribution < -0.4 is 10.6 Å². The Morgan fingerprint density at radius 2 is 2.18 bits per heavy atom.